The fourth-order valence-electron chi connectivity index (χ4n) is 2.83. The lowest BCUT2D eigenvalue weighted by molar-refractivity contribution is -0.139. The van der Waals surface area contributed by atoms with Crippen LogP contribution in [0.25, 0.3) is 6.08 Å². The molecular weight excluding hydrogens is 499 g/mol. The Balaban J connectivity index is 2.28. The Bertz CT molecular complexity index is 941. The van der Waals surface area contributed by atoms with Crippen molar-refractivity contribution >= 4 is 69.8 Å². The molecule has 10 heteroatoms. The zero-order valence-corrected chi connectivity index (χ0v) is 19.4. The van der Waals surface area contributed by atoms with E-state index in [1.807, 2.05) is 6.92 Å². The molecule has 2 aromatic rings. The van der Waals surface area contributed by atoms with Crippen molar-refractivity contribution in [3.05, 3.63) is 73.2 Å². The Kier molecular flexibility index (Phi) is 8.71. The van der Waals surface area contributed by atoms with E-state index in [4.69, 9.17) is 64.4 Å². The number of nitrogens with two attached hydrogens (primary N) is 1. The summed E-state index contributed by atoms with van der Waals surface area (Å²) in [6.45, 7) is 1.89. The second-order valence-electron chi connectivity index (χ2n) is 6.64. The minimum absolute atomic E-state index is 0.00785. The molecule has 0 aliphatic rings. The average molecular weight is 516 g/mol. The fraction of sp³-hybridized carbons (Fsp3) is 0.250. The molecule has 0 aliphatic carbocycles. The van der Waals surface area contributed by atoms with E-state index in [-0.39, 0.29) is 31.8 Å². The Morgan fingerprint density at radius 1 is 1.10 bits per heavy atom. The van der Waals surface area contributed by atoms with Gasteiger partial charge in [-0.05, 0) is 60.5 Å². The number of thiocarbonyl (C=S) groups is 1. The van der Waals surface area contributed by atoms with Crippen LogP contribution in [0.3, 0.4) is 0 Å². The summed E-state index contributed by atoms with van der Waals surface area (Å²) in [6.07, 6.45) is -1.63. The van der Waals surface area contributed by atoms with Crippen LogP contribution in [-0.2, 0) is 6.42 Å². The molecule has 30 heavy (non-hydrogen) atoms. The van der Waals surface area contributed by atoms with Gasteiger partial charge in [0.2, 0.25) is 0 Å². The minimum atomic E-state index is -4.55. The predicted molar refractivity (Wildman–Crippen MR) is 124 cm³/mol. The molecular formula is C20H17Cl4F3N2S. The summed E-state index contributed by atoms with van der Waals surface area (Å²) in [4.78, 5) is 0. The normalized spacial score (nSPS) is 14.0. The Hall–Kier alpha value is -1.18. The molecule has 2 atom stereocenters. The second kappa shape index (κ2) is 10.4. The molecule has 0 amide bonds. The van der Waals surface area contributed by atoms with Gasteiger partial charge in [0.1, 0.15) is 0 Å². The molecule has 0 saturated heterocycles. The molecule has 0 aliphatic heterocycles. The number of alkyl halides is 3. The molecule has 2 aromatic carbocycles. The van der Waals surface area contributed by atoms with Crippen LogP contribution >= 0.6 is 58.6 Å². The van der Waals surface area contributed by atoms with Crippen molar-refractivity contribution in [3.63, 3.8) is 0 Å². The number of rotatable bonds is 6. The summed E-state index contributed by atoms with van der Waals surface area (Å²) in [6, 6.07) is 7.29. The van der Waals surface area contributed by atoms with Crippen LogP contribution in [0.5, 0.6) is 0 Å². The first-order chi connectivity index (χ1) is 13.9. The maximum absolute atomic E-state index is 13.6. The highest BCUT2D eigenvalue weighted by molar-refractivity contribution is 7.80. The number of allylic oxidation sites excluding steroid dienone is 1. The summed E-state index contributed by atoms with van der Waals surface area (Å²) in [5.41, 5.74) is 6.66. The van der Waals surface area contributed by atoms with Crippen LogP contribution in [0.4, 0.5) is 13.2 Å². The van der Waals surface area contributed by atoms with Gasteiger partial charge in [-0.2, -0.15) is 13.2 Å². The number of hydrogen-bond acceptors (Lipinski definition) is 1. The van der Waals surface area contributed by atoms with E-state index in [0.29, 0.717) is 17.0 Å². The van der Waals surface area contributed by atoms with Gasteiger partial charge in [-0.15, -0.1) is 0 Å². The summed E-state index contributed by atoms with van der Waals surface area (Å²) in [5, 5.41) is 3.42. The number of nitrogens with one attached hydrogen (secondary N) is 1. The van der Waals surface area contributed by atoms with Crippen LogP contribution in [0.1, 0.15) is 29.5 Å². The zero-order valence-electron chi connectivity index (χ0n) is 15.5. The standard InChI is InChI=1S/C20H17Cl4F3N2S/c1-10(29-19(28)30)6-12-4-2-11(7-15(12)21)3-5-14(20(25,26)27)13-8-16(22)18(24)17(23)9-13/h2-5,7-10,14H,6H2,1H3,(H3,28,29,30)/b5-3+. The molecule has 0 spiro atoms. The van der Waals surface area contributed by atoms with E-state index in [1.165, 1.54) is 6.08 Å². The van der Waals surface area contributed by atoms with E-state index in [2.05, 4.69) is 5.32 Å². The van der Waals surface area contributed by atoms with E-state index in [0.717, 1.165) is 23.8 Å². The maximum Gasteiger partial charge on any atom is 0.399 e. The van der Waals surface area contributed by atoms with Crippen molar-refractivity contribution in [2.75, 3.05) is 0 Å². The van der Waals surface area contributed by atoms with Gasteiger partial charge in [0.15, 0.2) is 5.11 Å². The SMILES string of the molecule is CC(Cc1ccc(/C=C/C(c2cc(Cl)c(Cl)c(Cl)c2)C(F)(F)F)cc1Cl)NC(N)=S. The van der Waals surface area contributed by atoms with E-state index in [1.54, 1.807) is 18.2 Å². The molecule has 2 unspecified atom stereocenters. The highest BCUT2D eigenvalue weighted by Crippen LogP contribution is 2.41. The highest BCUT2D eigenvalue weighted by atomic mass is 35.5. The van der Waals surface area contributed by atoms with Gasteiger partial charge in [-0.25, -0.2) is 0 Å². The lowest BCUT2D eigenvalue weighted by atomic mass is 9.96. The van der Waals surface area contributed by atoms with Gasteiger partial charge in [0.05, 0.1) is 21.0 Å². The van der Waals surface area contributed by atoms with Crippen LogP contribution in [0.2, 0.25) is 20.1 Å². The van der Waals surface area contributed by atoms with E-state index in [9.17, 15) is 13.2 Å². The first kappa shape index (κ1) is 25.1. The fourth-order valence-corrected chi connectivity index (χ4v) is 3.91. The van der Waals surface area contributed by atoms with Gasteiger partial charge in [-0.3, -0.25) is 0 Å². The first-order valence-corrected chi connectivity index (χ1v) is 10.5. The van der Waals surface area contributed by atoms with Gasteiger partial charge in [0, 0.05) is 11.1 Å². The largest absolute Gasteiger partial charge is 0.399 e. The predicted octanol–water partition coefficient (Wildman–Crippen LogP) is 7.42. The average Bonchev–Trinajstić information content (AvgIpc) is 2.60. The smallest absolute Gasteiger partial charge is 0.376 e. The molecule has 3 N–H and O–H groups in total. The molecule has 0 aromatic heterocycles. The molecule has 0 fully saturated rings. The van der Waals surface area contributed by atoms with Gasteiger partial charge < -0.3 is 11.1 Å². The van der Waals surface area contributed by atoms with Gasteiger partial charge in [0.25, 0.3) is 0 Å². The Morgan fingerprint density at radius 2 is 1.70 bits per heavy atom. The third-order valence-corrected chi connectivity index (χ3v) is 5.86. The minimum Gasteiger partial charge on any atom is -0.376 e. The lowest BCUT2D eigenvalue weighted by Crippen LogP contribution is -2.37. The molecule has 0 bridgehead atoms. The molecule has 0 heterocycles. The van der Waals surface area contributed by atoms with Crippen molar-refractivity contribution in [2.45, 2.75) is 31.5 Å². The van der Waals surface area contributed by atoms with Crippen LogP contribution in [0, 0.1) is 0 Å². The van der Waals surface area contributed by atoms with E-state index < -0.39 is 12.1 Å². The summed E-state index contributed by atoms with van der Waals surface area (Å²) < 4.78 is 40.9. The summed E-state index contributed by atoms with van der Waals surface area (Å²) in [7, 11) is 0. The maximum atomic E-state index is 13.6. The lowest BCUT2D eigenvalue weighted by Gasteiger charge is -2.18. The number of hydrogen-bond donors (Lipinski definition) is 2. The second-order valence-corrected chi connectivity index (χ2v) is 8.68. The molecule has 0 radical (unpaired) electrons. The van der Waals surface area contributed by atoms with Crippen molar-refractivity contribution in [2.24, 2.45) is 5.73 Å². The molecule has 162 valence electrons. The van der Waals surface area contributed by atoms with Crippen LogP contribution < -0.4 is 11.1 Å². The third kappa shape index (κ3) is 6.92. The Labute approximate surface area is 198 Å². The third-order valence-electron chi connectivity index (χ3n) is 4.19. The van der Waals surface area contributed by atoms with Crippen LogP contribution in [0.15, 0.2) is 36.4 Å². The van der Waals surface area contributed by atoms with Crippen LogP contribution in [-0.4, -0.2) is 17.3 Å². The molecule has 2 rings (SSSR count). The first-order valence-electron chi connectivity index (χ1n) is 8.62. The summed E-state index contributed by atoms with van der Waals surface area (Å²) >= 11 is 28.7. The Morgan fingerprint density at radius 3 is 2.20 bits per heavy atom. The van der Waals surface area contributed by atoms with Crippen molar-refractivity contribution in [1.82, 2.24) is 5.32 Å². The molecule has 2 nitrogen and oxygen atoms in total. The van der Waals surface area contributed by atoms with E-state index >= 15 is 0 Å². The van der Waals surface area contributed by atoms with Crippen molar-refractivity contribution < 1.29 is 13.2 Å². The molecule has 0 saturated carbocycles. The topological polar surface area (TPSA) is 38.0 Å². The van der Waals surface area contributed by atoms with Gasteiger partial charge in [-0.1, -0.05) is 70.7 Å². The van der Waals surface area contributed by atoms with Crippen molar-refractivity contribution in [1.29, 1.82) is 0 Å². The highest BCUT2D eigenvalue weighted by Gasteiger charge is 2.39. The van der Waals surface area contributed by atoms with Crippen molar-refractivity contribution in [3.8, 4) is 0 Å². The number of halogens is 7. The van der Waals surface area contributed by atoms with Gasteiger partial charge >= 0.3 is 6.18 Å². The monoisotopic (exact) mass is 514 g/mol. The quantitative estimate of drug-likeness (QED) is 0.310. The number of benzene rings is 2. The summed E-state index contributed by atoms with van der Waals surface area (Å²) in [5.74, 6) is -1.92. The zero-order chi connectivity index (χ0) is 22.6.